The zero-order valence-electron chi connectivity index (χ0n) is 17.3. The molecule has 9 heteroatoms. The van der Waals surface area contributed by atoms with E-state index in [1.165, 1.54) is 12.0 Å². The van der Waals surface area contributed by atoms with Gasteiger partial charge in [-0.05, 0) is 18.9 Å². The van der Waals surface area contributed by atoms with Crippen molar-refractivity contribution in [2.75, 3.05) is 27.3 Å². The van der Waals surface area contributed by atoms with Gasteiger partial charge in [0.2, 0.25) is 0 Å². The van der Waals surface area contributed by atoms with Crippen molar-refractivity contribution >= 4 is 23.8 Å². The summed E-state index contributed by atoms with van der Waals surface area (Å²) in [5.74, 6) is -1.01. The van der Waals surface area contributed by atoms with Gasteiger partial charge in [-0.15, -0.1) is 0 Å². The topological polar surface area (TPSA) is 105 Å². The standard InChI is InChI=1S/C21H27N3O6/c1-23-20(28)24(19(27)21(23)10-6-3-7-11-21)13-18(26)30-14-17(25)22-12-15-8-4-5-9-16(15)29-2/h4-5,8-9H,3,6-7,10-14H2,1-2H3,(H,22,25). The van der Waals surface area contributed by atoms with Crippen LogP contribution in [0.3, 0.4) is 0 Å². The van der Waals surface area contributed by atoms with E-state index in [2.05, 4.69) is 5.32 Å². The fourth-order valence-electron chi connectivity index (χ4n) is 4.09. The van der Waals surface area contributed by atoms with Crippen LogP contribution in [-0.2, 0) is 25.7 Å². The number of likely N-dealkylation sites (N-methyl/N-ethyl adjacent to an activating group) is 1. The van der Waals surface area contributed by atoms with E-state index in [4.69, 9.17) is 9.47 Å². The van der Waals surface area contributed by atoms with E-state index >= 15 is 0 Å². The van der Waals surface area contributed by atoms with Crippen molar-refractivity contribution in [3.8, 4) is 5.75 Å². The number of amides is 4. The first kappa shape index (κ1) is 21.6. The van der Waals surface area contributed by atoms with E-state index < -0.39 is 36.6 Å². The highest BCUT2D eigenvalue weighted by Gasteiger charge is 2.55. The number of hydrogen-bond donors (Lipinski definition) is 1. The zero-order valence-corrected chi connectivity index (χ0v) is 17.3. The minimum atomic E-state index is -0.846. The predicted molar refractivity (Wildman–Crippen MR) is 106 cm³/mol. The summed E-state index contributed by atoms with van der Waals surface area (Å²) in [7, 11) is 3.14. The average molecular weight is 417 g/mol. The Morgan fingerprint density at radius 3 is 2.53 bits per heavy atom. The highest BCUT2D eigenvalue weighted by molar-refractivity contribution is 6.08. The maximum atomic E-state index is 12.9. The Labute approximate surface area is 175 Å². The molecule has 3 rings (SSSR count). The quantitative estimate of drug-likeness (QED) is 0.532. The van der Waals surface area contributed by atoms with E-state index in [1.54, 1.807) is 13.1 Å². The molecule has 1 spiro atoms. The van der Waals surface area contributed by atoms with Crippen LogP contribution in [0.1, 0.15) is 37.7 Å². The van der Waals surface area contributed by atoms with Gasteiger partial charge >= 0.3 is 12.0 Å². The number of rotatable bonds is 7. The van der Waals surface area contributed by atoms with Crippen LogP contribution in [0, 0.1) is 0 Å². The molecule has 4 amide bonds. The van der Waals surface area contributed by atoms with Crippen molar-refractivity contribution in [3.63, 3.8) is 0 Å². The average Bonchev–Trinajstić information content (AvgIpc) is 2.93. The molecular formula is C21H27N3O6. The molecule has 162 valence electrons. The minimum absolute atomic E-state index is 0.219. The number of carbonyl (C=O) groups excluding carboxylic acids is 4. The van der Waals surface area contributed by atoms with Gasteiger partial charge in [0.25, 0.3) is 11.8 Å². The number of carbonyl (C=O) groups is 4. The Bertz CT molecular complexity index is 834. The summed E-state index contributed by atoms with van der Waals surface area (Å²) >= 11 is 0. The lowest BCUT2D eigenvalue weighted by atomic mass is 9.81. The molecule has 9 nitrogen and oxygen atoms in total. The van der Waals surface area contributed by atoms with Gasteiger partial charge in [0.1, 0.15) is 17.8 Å². The molecule has 0 atom stereocenters. The maximum Gasteiger partial charge on any atom is 0.327 e. The summed E-state index contributed by atoms with van der Waals surface area (Å²) in [6.07, 6.45) is 3.97. The molecule has 30 heavy (non-hydrogen) atoms. The van der Waals surface area contributed by atoms with Gasteiger partial charge in [-0.25, -0.2) is 4.79 Å². The first-order valence-electron chi connectivity index (χ1n) is 10.0. The van der Waals surface area contributed by atoms with Crippen LogP contribution in [-0.4, -0.2) is 66.5 Å². The summed E-state index contributed by atoms with van der Waals surface area (Å²) < 4.78 is 10.2. The third-order valence-corrected chi connectivity index (χ3v) is 5.80. The number of nitrogens with one attached hydrogen (secondary N) is 1. The molecule has 1 aromatic carbocycles. The molecule has 0 bridgehead atoms. The zero-order chi connectivity index (χ0) is 21.7. The summed E-state index contributed by atoms with van der Waals surface area (Å²) in [5.41, 5.74) is -0.0596. The molecule has 1 aromatic rings. The van der Waals surface area contributed by atoms with Gasteiger partial charge in [0.15, 0.2) is 6.61 Å². The van der Waals surface area contributed by atoms with Crippen molar-refractivity contribution in [2.45, 2.75) is 44.2 Å². The number of hydrogen-bond acceptors (Lipinski definition) is 6. The van der Waals surface area contributed by atoms with Crippen molar-refractivity contribution < 1.29 is 28.7 Å². The molecule has 1 heterocycles. The summed E-state index contributed by atoms with van der Waals surface area (Å²) in [5, 5.41) is 2.64. The number of ether oxygens (including phenoxy) is 2. The fraction of sp³-hybridized carbons (Fsp3) is 0.524. The van der Waals surface area contributed by atoms with E-state index in [9.17, 15) is 19.2 Å². The second-order valence-corrected chi connectivity index (χ2v) is 7.57. The number of imide groups is 1. The molecule has 1 N–H and O–H groups in total. The van der Waals surface area contributed by atoms with Crippen molar-refractivity contribution in [1.29, 1.82) is 0 Å². The Kier molecular flexibility index (Phi) is 6.59. The normalized spacial score (nSPS) is 17.9. The van der Waals surface area contributed by atoms with E-state index in [0.717, 1.165) is 29.7 Å². The smallest absolute Gasteiger partial charge is 0.327 e. The van der Waals surface area contributed by atoms with Gasteiger partial charge in [-0.2, -0.15) is 0 Å². The first-order chi connectivity index (χ1) is 14.4. The molecular weight excluding hydrogens is 390 g/mol. The predicted octanol–water partition coefficient (Wildman–Crippen LogP) is 1.45. The number of esters is 1. The van der Waals surface area contributed by atoms with Crippen LogP contribution in [0.5, 0.6) is 5.75 Å². The second kappa shape index (κ2) is 9.15. The second-order valence-electron chi connectivity index (χ2n) is 7.57. The molecule has 0 radical (unpaired) electrons. The summed E-state index contributed by atoms with van der Waals surface area (Å²) in [4.78, 5) is 51.9. The molecule has 1 saturated carbocycles. The van der Waals surface area contributed by atoms with Crippen molar-refractivity contribution in [3.05, 3.63) is 29.8 Å². The van der Waals surface area contributed by atoms with Gasteiger partial charge in [-0.3, -0.25) is 19.3 Å². The Morgan fingerprint density at radius 2 is 1.83 bits per heavy atom. The molecule has 0 unspecified atom stereocenters. The van der Waals surface area contributed by atoms with Crippen LogP contribution >= 0.6 is 0 Å². The SMILES string of the molecule is COc1ccccc1CNC(=O)COC(=O)CN1C(=O)N(C)C2(CCCCC2)C1=O. The number of methoxy groups -OCH3 is 1. The first-order valence-corrected chi connectivity index (χ1v) is 10.0. The Hall–Kier alpha value is -3.10. The van der Waals surface area contributed by atoms with Gasteiger partial charge in [0.05, 0.1) is 7.11 Å². The monoisotopic (exact) mass is 417 g/mol. The molecule has 1 aliphatic carbocycles. The molecule has 0 aromatic heterocycles. The van der Waals surface area contributed by atoms with Gasteiger partial charge in [-0.1, -0.05) is 37.5 Å². The lowest BCUT2D eigenvalue weighted by Crippen LogP contribution is -2.49. The number of para-hydroxylation sites is 1. The van der Waals surface area contributed by atoms with E-state index in [-0.39, 0.29) is 12.5 Å². The highest BCUT2D eigenvalue weighted by Crippen LogP contribution is 2.39. The number of benzene rings is 1. The Morgan fingerprint density at radius 1 is 1.13 bits per heavy atom. The third-order valence-electron chi connectivity index (χ3n) is 5.80. The lowest BCUT2D eigenvalue weighted by molar-refractivity contribution is -0.151. The van der Waals surface area contributed by atoms with Gasteiger partial charge in [0, 0.05) is 19.2 Å². The maximum absolute atomic E-state index is 12.9. The van der Waals surface area contributed by atoms with Crippen LogP contribution < -0.4 is 10.1 Å². The minimum Gasteiger partial charge on any atom is -0.496 e. The summed E-state index contributed by atoms with van der Waals surface area (Å²) in [6, 6.07) is 6.74. The highest BCUT2D eigenvalue weighted by atomic mass is 16.5. The third kappa shape index (κ3) is 4.24. The van der Waals surface area contributed by atoms with Crippen LogP contribution in [0.15, 0.2) is 24.3 Å². The lowest BCUT2D eigenvalue weighted by Gasteiger charge is -2.35. The molecule has 2 aliphatic rings. The summed E-state index contributed by atoms with van der Waals surface area (Å²) in [6.45, 7) is -0.772. The van der Waals surface area contributed by atoms with Crippen molar-refractivity contribution in [1.82, 2.24) is 15.1 Å². The van der Waals surface area contributed by atoms with E-state index in [0.29, 0.717) is 18.6 Å². The van der Waals surface area contributed by atoms with Crippen LogP contribution in [0.2, 0.25) is 0 Å². The van der Waals surface area contributed by atoms with Crippen LogP contribution in [0.4, 0.5) is 4.79 Å². The molecule has 2 fully saturated rings. The number of urea groups is 1. The molecule has 1 saturated heterocycles. The Balaban J connectivity index is 1.49. The van der Waals surface area contributed by atoms with E-state index in [1.807, 2.05) is 18.2 Å². The largest absolute Gasteiger partial charge is 0.496 e. The molecule has 1 aliphatic heterocycles. The number of nitrogens with zero attached hydrogens (tertiary/aromatic N) is 2. The van der Waals surface area contributed by atoms with Gasteiger partial charge < -0.3 is 19.7 Å². The van der Waals surface area contributed by atoms with Crippen LogP contribution in [0.25, 0.3) is 0 Å². The fourth-order valence-corrected chi connectivity index (χ4v) is 4.09. The van der Waals surface area contributed by atoms with Crippen molar-refractivity contribution in [2.24, 2.45) is 0 Å².